The molecule has 0 spiro atoms. The molecule has 1 aromatic rings. The third-order valence-electron chi connectivity index (χ3n) is 2.58. The monoisotopic (exact) mass is 243 g/mol. The maximum Gasteiger partial charge on any atom is 0.303 e. The van der Waals surface area contributed by atoms with E-state index in [1.165, 1.54) is 0 Å². The van der Waals surface area contributed by atoms with Crippen LogP contribution < -0.4 is 0 Å². The van der Waals surface area contributed by atoms with Gasteiger partial charge in [-0.15, -0.1) is 11.3 Å². The van der Waals surface area contributed by atoms with E-state index in [1.54, 1.807) is 23.1 Å². The molecule has 0 atom stereocenters. The van der Waals surface area contributed by atoms with Crippen molar-refractivity contribution in [3.8, 4) is 0 Å². The molecule has 0 bridgehead atoms. The molecule has 1 heterocycles. The number of carbonyl (C=O) groups is 1. The third-order valence-corrected chi connectivity index (χ3v) is 5.07. The summed E-state index contributed by atoms with van der Waals surface area (Å²) in [5, 5.41) is 10.8. The Morgan fingerprint density at radius 2 is 2.47 bits per heavy atom. The number of hydrogen-bond acceptors (Lipinski definition) is 4. The van der Waals surface area contributed by atoms with Gasteiger partial charge in [-0.05, 0) is 25.2 Å². The fraction of sp³-hybridized carbons (Fsp3) is 0.600. The lowest BCUT2D eigenvalue weighted by Crippen LogP contribution is -2.10. The Labute approximate surface area is 96.9 Å². The molecule has 5 heteroatoms. The standard InChI is InChI=1S/C10H13NO2S2/c1-7-5-14-9(11-7)15-6-10(2-3-10)4-8(12)13/h5H,2-4,6H2,1H3,(H,12,13). The van der Waals surface area contributed by atoms with Gasteiger partial charge in [0, 0.05) is 16.8 Å². The number of rotatable bonds is 5. The molecular weight excluding hydrogens is 230 g/mol. The Balaban J connectivity index is 1.85. The molecule has 2 rings (SSSR count). The van der Waals surface area contributed by atoms with Crippen LogP contribution >= 0.6 is 23.1 Å². The van der Waals surface area contributed by atoms with Gasteiger partial charge in [0.1, 0.15) is 4.34 Å². The first-order chi connectivity index (χ1) is 7.10. The second-order valence-corrected chi connectivity index (χ2v) is 6.19. The molecule has 0 saturated heterocycles. The predicted octanol–water partition coefficient (Wildman–Crippen LogP) is 2.80. The summed E-state index contributed by atoms with van der Waals surface area (Å²) >= 11 is 3.34. The van der Waals surface area contributed by atoms with Crippen LogP contribution in [-0.2, 0) is 4.79 Å². The minimum atomic E-state index is -0.677. The smallest absolute Gasteiger partial charge is 0.303 e. The van der Waals surface area contributed by atoms with E-state index in [0.29, 0.717) is 6.42 Å². The number of aromatic nitrogens is 1. The first kappa shape index (κ1) is 11.0. The van der Waals surface area contributed by atoms with Gasteiger partial charge in [-0.25, -0.2) is 4.98 Å². The van der Waals surface area contributed by atoms with Crippen molar-refractivity contribution < 1.29 is 9.90 Å². The Morgan fingerprint density at radius 3 is 2.93 bits per heavy atom. The van der Waals surface area contributed by atoms with Crippen molar-refractivity contribution in [3.05, 3.63) is 11.1 Å². The summed E-state index contributed by atoms with van der Waals surface area (Å²) in [4.78, 5) is 15.0. The summed E-state index contributed by atoms with van der Waals surface area (Å²) in [7, 11) is 0. The van der Waals surface area contributed by atoms with Crippen LogP contribution in [0.3, 0.4) is 0 Å². The lowest BCUT2D eigenvalue weighted by Gasteiger charge is -2.09. The van der Waals surface area contributed by atoms with E-state index in [0.717, 1.165) is 28.6 Å². The van der Waals surface area contributed by atoms with Crippen LogP contribution in [0.2, 0.25) is 0 Å². The van der Waals surface area contributed by atoms with Gasteiger partial charge in [0.2, 0.25) is 0 Å². The molecule has 1 aliphatic carbocycles. The summed E-state index contributed by atoms with van der Waals surface area (Å²) in [6, 6.07) is 0. The van der Waals surface area contributed by atoms with Crippen LogP contribution in [0.5, 0.6) is 0 Å². The lowest BCUT2D eigenvalue weighted by atomic mass is 10.1. The number of aryl methyl sites for hydroxylation is 1. The second-order valence-electron chi connectivity index (χ2n) is 4.11. The van der Waals surface area contributed by atoms with Crippen molar-refractivity contribution in [2.24, 2.45) is 5.41 Å². The zero-order chi connectivity index (χ0) is 10.9. The minimum Gasteiger partial charge on any atom is -0.481 e. The lowest BCUT2D eigenvalue weighted by molar-refractivity contribution is -0.138. The molecule has 0 unspecified atom stereocenters. The van der Waals surface area contributed by atoms with Gasteiger partial charge in [-0.2, -0.15) is 0 Å². The van der Waals surface area contributed by atoms with Crippen molar-refractivity contribution in [2.75, 3.05) is 5.75 Å². The molecule has 0 radical (unpaired) electrons. The Kier molecular flexibility index (Phi) is 3.02. The second kappa shape index (κ2) is 4.14. The van der Waals surface area contributed by atoms with Crippen LogP contribution in [-0.4, -0.2) is 21.8 Å². The van der Waals surface area contributed by atoms with E-state index in [1.807, 2.05) is 12.3 Å². The molecule has 3 nitrogen and oxygen atoms in total. The van der Waals surface area contributed by atoms with Crippen LogP contribution in [0, 0.1) is 12.3 Å². The summed E-state index contributed by atoms with van der Waals surface area (Å²) in [6.07, 6.45) is 2.41. The van der Waals surface area contributed by atoms with Gasteiger partial charge in [-0.3, -0.25) is 4.79 Å². The molecule has 0 aliphatic heterocycles. The Bertz CT molecular complexity index is 371. The van der Waals surface area contributed by atoms with E-state index in [4.69, 9.17) is 5.11 Å². The predicted molar refractivity (Wildman–Crippen MR) is 61.5 cm³/mol. The number of thiazole rings is 1. The highest BCUT2D eigenvalue weighted by Crippen LogP contribution is 2.52. The average molecular weight is 243 g/mol. The van der Waals surface area contributed by atoms with Gasteiger partial charge in [0.15, 0.2) is 0 Å². The van der Waals surface area contributed by atoms with E-state index >= 15 is 0 Å². The van der Waals surface area contributed by atoms with Crippen LogP contribution in [0.4, 0.5) is 0 Å². The molecule has 15 heavy (non-hydrogen) atoms. The number of hydrogen-bond donors (Lipinski definition) is 1. The van der Waals surface area contributed by atoms with E-state index in [9.17, 15) is 4.79 Å². The van der Waals surface area contributed by atoms with Gasteiger partial charge in [0.05, 0.1) is 6.42 Å². The number of nitrogens with zero attached hydrogens (tertiary/aromatic N) is 1. The maximum absolute atomic E-state index is 10.6. The molecule has 1 saturated carbocycles. The topological polar surface area (TPSA) is 50.2 Å². The van der Waals surface area contributed by atoms with E-state index in [2.05, 4.69) is 4.98 Å². The van der Waals surface area contributed by atoms with Gasteiger partial charge in [0.25, 0.3) is 0 Å². The summed E-state index contributed by atoms with van der Waals surface area (Å²) in [6.45, 7) is 1.98. The molecule has 82 valence electrons. The zero-order valence-electron chi connectivity index (χ0n) is 8.52. The highest BCUT2D eigenvalue weighted by Gasteiger charge is 2.44. The van der Waals surface area contributed by atoms with Crippen molar-refractivity contribution in [3.63, 3.8) is 0 Å². The largest absolute Gasteiger partial charge is 0.481 e. The molecule has 0 amide bonds. The van der Waals surface area contributed by atoms with Crippen LogP contribution in [0.1, 0.15) is 25.0 Å². The highest BCUT2D eigenvalue weighted by atomic mass is 32.2. The fourth-order valence-corrected chi connectivity index (χ4v) is 3.63. The molecule has 1 aliphatic rings. The van der Waals surface area contributed by atoms with Gasteiger partial charge < -0.3 is 5.11 Å². The van der Waals surface area contributed by atoms with Crippen molar-refractivity contribution >= 4 is 29.1 Å². The fourth-order valence-electron chi connectivity index (χ4n) is 1.48. The number of aliphatic carboxylic acids is 1. The van der Waals surface area contributed by atoms with Gasteiger partial charge in [-0.1, -0.05) is 11.8 Å². The maximum atomic E-state index is 10.6. The van der Waals surface area contributed by atoms with E-state index < -0.39 is 5.97 Å². The van der Waals surface area contributed by atoms with Crippen LogP contribution in [0.15, 0.2) is 9.72 Å². The van der Waals surface area contributed by atoms with Crippen molar-refractivity contribution in [2.45, 2.75) is 30.5 Å². The Hall–Kier alpha value is -0.550. The molecule has 1 aromatic heterocycles. The zero-order valence-corrected chi connectivity index (χ0v) is 10.2. The quantitative estimate of drug-likeness (QED) is 0.808. The third kappa shape index (κ3) is 2.95. The first-order valence-electron chi connectivity index (χ1n) is 4.86. The number of thioether (sulfide) groups is 1. The molecule has 1 N–H and O–H groups in total. The highest BCUT2D eigenvalue weighted by molar-refractivity contribution is 8.01. The summed E-state index contributed by atoms with van der Waals surface area (Å²) in [5.74, 6) is 0.218. The summed E-state index contributed by atoms with van der Waals surface area (Å²) < 4.78 is 1.06. The van der Waals surface area contributed by atoms with Crippen LogP contribution in [0.25, 0.3) is 0 Å². The summed E-state index contributed by atoms with van der Waals surface area (Å²) in [5.41, 5.74) is 1.11. The van der Waals surface area contributed by atoms with E-state index in [-0.39, 0.29) is 5.41 Å². The average Bonchev–Trinajstić information content (AvgIpc) is 2.77. The normalized spacial score (nSPS) is 17.7. The minimum absolute atomic E-state index is 0.0656. The SMILES string of the molecule is Cc1csc(SCC2(CC(=O)O)CC2)n1. The molecular formula is C10H13NO2S2. The molecule has 1 fully saturated rings. The van der Waals surface area contributed by atoms with Crippen molar-refractivity contribution in [1.82, 2.24) is 4.98 Å². The number of carboxylic acids is 1. The Morgan fingerprint density at radius 1 is 1.73 bits per heavy atom. The van der Waals surface area contributed by atoms with Gasteiger partial charge >= 0.3 is 5.97 Å². The first-order valence-corrected chi connectivity index (χ1v) is 6.73. The molecule has 0 aromatic carbocycles. The number of carboxylic acid groups (broad SMARTS) is 1. The van der Waals surface area contributed by atoms with Crippen molar-refractivity contribution in [1.29, 1.82) is 0 Å².